The molecule has 1 aliphatic heterocycles. The fourth-order valence-electron chi connectivity index (χ4n) is 2.76. The SMILES string of the molecule is CC(C)(C)OC(=O)N1CCC[C@H]1C[S@@](=O)c1nc2ccccc2s1. The molecule has 2 atom stereocenters. The molecule has 2 aromatic rings. The summed E-state index contributed by atoms with van der Waals surface area (Å²) in [4.78, 5) is 18.5. The minimum atomic E-state index is -1.21. The summed E-state index contributed by atoms with van der Waals surface area (Å²) in [5.41, 5.74) is 0.359. The third kappa shape index (κ3) is 3.95. The smallest absolute Gasteiger partial charge is 0.410 e. The van der Waals surface area contributed by atoms with Gasteiger partial charge in [-0.25, -0.2) is 9.78 Å². The lowest BCUT2D eigenvalue weighted by Crippen LogP contribution is -2.42. The number of carbonyl (C=O) groups is 1. The van der Waals surface area contributed by atoms with Gasteiger partial charge < -0.3 is 9.64 Å². The standard InChI is InChI=1S/C17H22N2O3S2/c1-17(2,3)22-16(20)19-10-6-7-12(19)11-24(21)15-18-13-8-4-5-9-14(13)23-15/h4-5,8-9,12H,6-7,10-11H2,1-3H3/t12-,24+/m0/s1. The summed E-state index contributed by atoms with van der Waals surface area (Å²) in [5.74, 6) is 0.416. The molecule has 0 saturated carbocycles. The van der Waals surface area contributed by atoms with Crippen LogP contribution in [0.1, 0.15) is 33.6 Å². The van der Waals surface area contributed by atoms with Gasteiger partial charge in [0, 0.05) is 12.6 Å². The highest BCUT2D eigenvalue weighted by Crippen LogP contribution is 2.27. The van der Waals surface area contributed by atoms with Crippen LogP contribution in [-0.2, 0) is 15.5 Å². The monoisotopic (exact) mass is 366 g/mol. The maximum atomic E-state index is 12.7. The largest absolute Gasteiger partial charge is 0.444 e. The van der Waals surface area contributed by atoms with Crippen molar-refractivity contribution in [3.05, 3.63) is 24.3 Å². The summed E-state index contributed by atoms with van der Waals surface area (Å²) in [5, 5.41) is 0. The van der Waals surface area contributed by atoms with Crippen molar-refractivity contribution < 1.29 is 13.7 Å². The van der Waals surface area contributed by atoms with Crippen molar-refractivity contribution in [1.29, 1.82) is 0 Å². The zero-order valence-corrected chi connectivity index (χ0v) is 15.8. The minimum absolute atomic E-state index is 0.0484. The number of aromatic nitrogens is 1. The average Bonchev–Trinajstić information content (AvgIpc) is 3.11. The Morgan fingerprint density at radius 3 is 2.88 bits per heavy atom. The molecule has 1 aromatic carbocycles. The van der Waals surface area contributed by atoms with Crippen molar-refractivity contribution in [3.63, 3.8) is 0 Å². The van der Waals surface area contributed by atoms with Crippen LogP contribution in [0.2, 0.25) is 0 Å². The van der Waals surface area contributed by atoms with Crippen LogP contribution in [0.4, 0.5) is 4.79 Å². The number of amides is 1. The van der Waals surface area contributed by atoms with Gasteiger partial charge in [0.1, 0.15) is 5.60 Å². The molecule has 1 aliphatic rings. The Labute approximate surface area is 148 Å². The van der Waals surface area contributed by atoms with E-state index in [1.54, 1.807) is 4.90 Å². The molecule has 0 unspecified atom stereocenters. The second-order valence-corrected chi connectivity index (χ2v) is 9.63. The molecule has 24 heavy (non-hydrogen) atoms. The highest BCUT2D eigenvalue weighted by Gasteiger charge is 2.33. The van der Waals surface area contributed by atoms with Gasteiger partial charge in [0.15, 0.2) is 4.34 Å². The van der Waals surface area contributed by atoms with Gasteiger partial charge in [0.25, 0.3) is 0 Å². The normalized spacial score (nSPS) is 19.6. The fraction of sp³-hybridized carbons (Fsp3) is 0.529. The fourth-order valence-corrected chi connectivity index (χ4v) is 5.35. The Hall–Kier alpha value is -1.47. The number of thiazole rings is 1. The molecule has 1 aromatic heterocycles. The van der Waals surface area contributed by atoms with Gasteiger partial charge in [-0.3, -0.25) is 4.21 Å². The Kier molecular flexibility index (Phi) is 4.92. The van der Waals surface area contributed by atoms with Crippen LogP contribution >= 0.6 is 11.3 Å². The first kappa shape index (κ1) is 17.4. The maximum Gasteiger partial charge on any atom is 0.410 e. The number of hydrogen-bond acceptors (Lipinski definition) is 5. The summed E-state index contributed by atoms with van der Waals surface area (Å²) < 4.78 is 19.8. The third-order valence-corrected chi connectivity index (χ3v) is 6.62. The summed E-state index contributed by atoms with van der Waals surface area (Å²) in [7, 11) is -1.21. The van der Waals surface area contributed by atoms with E-state index < -0.39 is 16.4 Å². The van der Waals surface area contributed by atoms with E-state index in [4.69, 9.17) is 4.74 Å². The van der Waals surface area contributed by atoms with Crippen LogP contribution < -0.4 is 0 Å². The molecule has 0 N–H and O–H groups in total. The number of fused-ring (bicyclic) bond motifs is 1. The lowest BCUT2D eigenvalue weighted by molar-refractivity contribution is 0.0241. The number of hydrogen-bond donors (Lipinski definition) is 0. The van der Waals surface area contributed by atoms with Crippen LogP contribution in [0.5, 0.6) is 0 Å². The Morgan fingerprint density at radius 2 is 2.17 bits per heavy atom. The summed E-state index contributed by atoms with van der Waals surface area (Å²) in [6, 6.07) is 7.74. The molecule has 0 radical (unpaired) electrons. The van der Waals surface area contributed by atoms with Crippen LogP contribution in [0.25, 0.3) is 10.2 Å². The van der Waals surface area contributed by atoms with Gasteiger partial charge in [-0.1, -0.05) is 12.1 Å². The quantitative estimate of drug-likeness (QED) is 0.829. The molecule has 1 saturated heterocycles. The number of nitrogens with zero attached hydrogens (tertiary/aromatic N) is 2. The third-order valence-electron chi connectivity index (χ3n) is 3.82. The molecule has 1 amide bonds. The molecule has 1 fully saturated rings. The van der Waals surface area contributed by atoms with Crippen molar-refractivity contribution in [3.8, 4) is 0 Å². The second kappa shape index (κ2) is 6.80. The Morgan fingerprint density at radius 1 is 1.42 bits per heavy atom. The molecule has 2 heterocycles. The van der Waals surface area contributed by atoms with Crippen LogP contribution in [-0.4, -0.2) is 44.1 Å². The first-order valence-electron chi connectivity index (χ1n) is 8.07. The minimum Gasteiger partial charge on any atom is -0.444 e. The van der Waals surface area contributed by atoms with Crippen LogP contribution in [0.3, 0.4) is 0 Å². The van der Waals surface area contributed by atoms with Crippen molar-refractivity contribution >= 4 is 38.4 Å². The van der Waals surface area contributed by atoms with E-state index in [2.05, 4.69) is 4.98 Å². The number of carbonyl (C=O) groups excluding carboxylic acids is 1. The van der Waals surface area contributed by atoms with Crippen LogP contribution in [0, 0.1) is 0 Å². The molecular weight excluding hydrogens is 344 g/mol. The van der Waals surface area contributed by atoms with Gasteiger partial charge in [-0.2, -0.15) is 0 Å². The lowest BCUT2D eigenvalue weighted by Gasteiger charge is -2.28. The van der Waals surface area contributed by atoms with Gasteiger partial charge in [0.05, 0.1) is 26.8 Å². The van der Waals surface area contributed by atoms with E-state index >= 15 is 0 Å². The van der Waals surface area contributed by atoms with E-state index in [0.717, 1.165) is 23.1 Å². The first-order valence-corrected chi connectivity index (χ1v) is 10.2. The predicted molar refractivity (Wildman–Crippen MR) is 96.9 cm³/mol. The zero-order chi connectivity index (χ0) is 17.3. The summed E-state index contributed by atoms with van der Waals surface area (Å²) in [6.07, 6.45) is 1.46. The summed E-state index contributed by atoms with van der Waals surface area (Å²) >= 11 is 1.46. The highest BCUT2D eigenvalue weighted by atomic mass is 32.2. The average molecular weight is 367 g/mol. The maximum absolute atomic E-state index is 12.7. The molecule has 0 spiro atoms. The van der Waals surface area contributed by atoms with Crippen LogP contribution in [0.15, 0.2) is 28.6 Å². The number of rotatable bonds is 3. The van der Waals surface area contributed by atoms with Gasteiger partial charge in [-0.05, 0) is 45.7 Å². The van der Waals surface area contributed by atoms with E-state index in [1.165, 1.54) is 11.3 Å². The molecule has 0 bridgehead atoms. The first-order chi connectivity index (χ1) is 11.3. The molecular formula is C17H22N2O3S2. The highest BCUT2D eigenvalue weighted by molar-refractivity contribution is 7.87. The molecule has 130 valence electrons. The summed E-state index contributed by atoms with van der Waals surface area (Å²) in [6.45, 7) is 6.23. The number of para-hydroxylation sites is 1. The van der Waals surface area contributed by atoms with Crippen molar-refractivity contribution in [2.24, 2.45) is 0 Å². The topological polar surface area (TPSA) is 59.5 Å². The van der Waals surface area contributed by atoms with E-state index in [1.807, 2.05) is 45.0 Å². The van der Waals surface area contributed by atoms with E-state index in [-0.39, 0.29) is 12.1 Å². The Bertz CT molecular complexity index is 734. The van der Waals surface area contributed by atoms with Gasteiger partial charge in [-0.15, -0.1) is 11.3 Å². The lowest BCUT2D eigenvalue weighted by atomic mass is 10.2. The van der Waals surface area contributed by atoms with E-state index in [9.17, 15) is 9.00 Å². The zero-order valence-electron chi connectivity index (χ0n) is 14.2. The van der Waals surface area contributed by atoms with Crippen molar-refractivity contribution in [2.75, 3.05) is 12.3 Å². The molecule has 7 heteroatoms. The van der Waals surface area contributed by atoms with Gasteiger partial charge >= 0.3 is 6.09 Å². The number of benzene rings is 1. The van der Waals surface area contributed by atoms with Gasteiger partial charge in [0.2, 0.25) is 0 Å². The predicted octanol–water partition coefficient (Wildman–Crippen LogP) is 3.80. The Balaban J connectivity index is 1.69. The molecule has 0 aliphatic carbocycles. The molecule has 3 rings (SSSR count). The van der Waals surface area contributed by atoms with Crippen molar-refractivity contribution in [2.45, 2.75) is 49.6 Å². The molecule has 5 nitrogen and oxygen atoms in total. The van der Waals surface area contributed by atoms with E-state index in [0.29, 0.717) is 16.6 Å². The number of likely N-dealkylation sites (tertiary alicyclic amines) is 1. The van der Waals surface area contributed by atoms with Crippen molar-refractivity contribution in [1.82, 2.24) is 9.88 Å². The second-order valence-electron chi connectivity index (χ2n) is 6.93. The number of ether oxygens (including phenoxy) is 1.